The first-order valence-corrected chi connectivity index (χ1v) is 6.61. The van der Waals surface area contributed by atoms with Crippen LogP contribution in [0.5, 0.6) is 5.75 Å². The fraction of sp³-hybridized carbons (Fsp3) is 0.286. The van der Waals surface area contributed by atoms with Gasteiger partial charge in [-0.15, -0.1) is 0 Å². The minimum absolute atomic E-state index is 0.148. The number of aryl methyl sites for hydroxylation is 1. The van der Waals surface area contributed by atoms with Crippen LogP contribution in [0.15, 0.2) is 30.5 Å². The number of amides is 1. The smallest absolute Gasteiger partial charge is 0.254 e. The Balaban J connectivity index is 1.79. The van der Waals surface area contributed by atoms with Crippen molar-refractivity contribution in [2.24, 2.45) is 7.05 Å². The van der Waals surface area contributed by atoms with Crippen molar-refractivity contribution >= 4 is 17.5 Å². The van der Waals surface area contributed by atoms with E-state index in [2.05, 4.69) is 10.4 Å². The Morgan fingerprint density at radius 3 is 2.95 bits per heavy atom. The van der Waals surface area contributed by atoms with Crippen molar-refractivity contribution in [1.82, 2.24) is 15.1 Å². The zero-order valence-electron chi connectivity index (χ0n) is 11.4. The second kappa shape index (κ2) is 6.43. The topological polar surface area (TPSA) is 56.1 Å². The quantitative estimate of drug-likeness (QED) is 0.860. The maximum atomic E-state index is 11.9. The molecule has 0 radical (unpaired) electrons. The van der Waals surface area contributed by atoms with Crippen LogP contribution in [0.25, 0.3) is 0 Å². The van der Waals surface area contributed by atoms with Crippen LogP contribution in [0.1, 0.15) is 16.1 Å². The lowest BCUT2D eigenvalue weighted by atomic mass is 10.2. The molecular weight excluding hydrogens is 278 g/mol. The standard InChI is InChI=1S/C14H16ClN3O2/c1-10-13(9-17-18(10)2)14(19)16-6-7-20-12-5-3-4-11(15)8-12/h3-5,8-9H,6-7H2,1-2H3,(H,16,19). The molecule has 0 aliphatic rings. The van der Waals surface area contributed by atoms with Crippen LogP contribution in [0.3, 0.4) is 0 Å². The molecule has 0 aliphatic heterocycles. The molecule has 0 atom stereocenters. The van der Waals surface area contributed by atoms with Crippen LogP contribution in [0.4, 0.5) is 0 Å². The van der Waals surface area contributed by atoms with Gasteiger partial charge in [-0.3, -0.25) is 9.48 Å². The molecule has 2 rings (SSSR count). The van der Waals surface area contributed by atoms with Crippen LogP contribution in [-0.4, -0.2) is 28.8 Å². The lowest BCUT2D eigenvalue weighted by molar-refractivity contribution is 0.0946. The molecule has 0 bridgehead atoms. The molecule has 106 valence electrons. The normalized spacial score (nSPS) is 10.3. The summed E-state index contributed by atoms with van der Waals surface area (Å²) in [5, 5.41) is 7.44. The third kappa shape index (κ3) is 3.51. The van der Waals surface area contributed by atoms with Crippen LogP contribution < -0.4 is 10.1 Å². The number of halogens is 1. The highest BCUT2D eigenvalue weighted by atomic mass is 35.5. The Labute approximate surface area is 122 Å². The summed E-state index contributed by atoms with van der Waals surface area (Å²) < 4.78 is 7.15. The van der Waals surface area contributed by atoms with Gasteiger partial charge in [0.05, 0.1) is 18.3 Å². The summed E-state index contributed by atoms with van der Waals surface area (Å²) in [4.78, 5) is 11.9. The molecule has 6 heteroatoms. The molecule has 0 spiro atoms. The van der Waals surface area contributed by atoms with Gasteiger partial charge in [0.15, 0.2) is 0 Å². The van der Waals surface area contributed by atoms with E-state index >= 15 is 0 Å². The molecular formula is C14H16ClN3O2. The maximum Gasteiger partial charge on any atom is 0.254 e. The van der Waals surface area contributed by atoms with Crippen molar-refractivity contribution in [2.75, 3.05) is 13.2 Å². The number of carbonyl (C=O) groups is 1. The number of rotatable bonds is 5. The summed E-state index contributed by atoms with van der Waals surface area (Å²) in [6.07, 6.45) is 1.56. The zero-order chi connectivity index (χ0) is 14.5. The number of hydrogen-bond acceptors (Lipinski definition) is 3. The maximum absolute atomic E-state index is 11.9. The molecule has 1 amide bonds. The van der Waals surface area contributed by atoms with E-state index in [1.807, 2.05) is 19.1 Å². The SMILES string of the molecule is Cc1c(C(=O)NCCOc2cccc(Cl)c2)cnn1C. The molecule has 1 heterocycles. The number of aromatic nitrogens is 2. The van der Waals surface area contributed by atoms with Crippen LogP contribution >= 0.6 is 11.6 Å². The van der Waals surface area contributed by atoms with E-state index in [0.29, 0.717) is 29.5 Å². The Morgan fingerprint density at radius 2 is 2.30 bits per heavy atom. The van der Waals surface area contributed by atoms with Crippen molar-refractivity contribution in [3.63, 3.8) is 0 Å². The Bertz CT molecular complexity index is 610. The first-order valence-electron chi connectivity index (χ1n) is 6.23. The third-order valence-electron chi connectivity index (χ3n) is 2.93. The zero-order valence-corrected chi connectivity index (χ0v) is 12.1. The summed E-state index contributed by atoms with van der Waals surface area (Å²) in [7, 11) is 1.80. The van der Waals surface area contributed by atoms with Crippen molar-refractivity contribution < 1.29 is 9.53 Å². The third-order valence-corrected chi connectivity index (χ3v) is 3.17. The molecule has 1 aromatic carbocycles. The van der Waals surface area contributed by atoms with Crippen molar-refractivity contribution in [2.45, 2.75) is 6.92 Å². The predicted molar refractivity (Wildman–Crippen MR) is 77.2 cm³/mol. The van der Waals surface area contributed by atoms with E-state index in [4.69, 9.17) is 16.3 Å². The van der Waals surface area contributed by atoms with Gasteiger partial charge < -0.3 is 10.1 Å². The molecule has 0 fully saturated rings. The number of hydrogen-bond donors (Lipinski definition) is 1. The lowest BCUT2D eigenvalue weighted by Gasteiger charge is -2.07. The highest BCUT2D eigenvalue weighted by Crippen LogP contribution is 2.16. The molecule has 2 aromatic rings. The highest BCUT2D eigenvalue weighted by molar-refractivity contribution is 6.30. The highest BCUT2D eigenvalue weighted by Gasteiger charge is 2.11. The number of ether oxygens (including phenoxy) is 1. The molecule has 0 unspecified atom stereocenters. The molecule has 0 aliphatic carbocycles. The first kappa shape index (κ1) is 14.4. The van der Waals surface area contributed by atoms with Gasteiger partial charge in [0.25, 0.3) is 5.91 Å². The molecule has 5 nitrogen and oxygen atoms in total. The van der Waals surface area contributed by atoms with Crippen LogP contribution in [-0.2, 0) is 7.05 Å². The second-order valence-electron chi connectivity index (χ2n) is 4.33. The lowest BCUT2D eigenvalue weighted by Crippen LogP contribution is -2.28. The van der Waals surface area contributed by atoms with Gasteiger partial charge in [0, 0.05) is 17.8 Å². The number of carbonyl (C=O) groups excluding carboxylic acids is 1. The summed E-state index contributed by atoms with van der Waals surface area (Å²) in [5.41, 5.74) is 1.41. The van der Waals surface area contributed by atoms with Crippen molar-refractivity contribution in [1.29, 1.82) is 0 Å². The average molecular weight is 294 g/mol. The Morgan fingerprint density at radius 1 is 1.50 bits per heavy atom. The van der Waals surface area contributed by atoms with E-state index in [1.54, 1.807) is 30.1 Å². The van der Waals surface area contributed by atoms with Gasteiger partial charge in [-0.2, -0.15) is 5.10 Å². The van der Waals surface area contributed by atoms with Gasteiger partial charge in [-0.25, -0.2) is 0 Å². The second-order valence-corrected chi connectivity index (χ2v) is 4.77. The van der Waals surface area contributed by atoms with Gasteiger partial charge in [-0.05, 0) is 25.1 Å². The van der Waals surface area contributed by atoms with E-state index in [0.717, 1.165) is 5.69 Å². The number of nitrogens with one attached hydrogen (secondary N) is 1. The van der Waals surface area contributed by atoms with E-state index < -0.39 is 0 Å². The monoisotopic (exact) mass is 293 g/mol. The average Bonchev–Trinajstić information content (AvgIpc) is 2.75. The molecule has 0 saturated carbocycles. The fourth-order valence-corrected chi connectivity index (χ4v) is 1.89. The predicted octanol–water partition coefficient (Wildman–Crippen LogP) is 2.19. The van der Waals surface area contributed by atoms with Crippen molar-refractivity contribution in [3.05, 3.63) is 46.7 Å². The summed E-state index contributed by atoms with van der Waals surface area (Å²) in [5.74, 6) is 0.537. The van der Waals surface area contributed by atoms with Gasteiger partial charge in [0.1, 0.15) is 12.4 Å². The Kier molecular flexibility index (Phi) is 4.63. The molecule has 20 heavy (non-hydrogen) atoms. The molecule has 0 saturated heterocycles. The Hall–Kier alpha value is -2.01. The molecule has 1 N–H and O–H groups in total. The van der Waals surface area contributed by atoms with E-state index in [-0.39, 0.29) is 5.91 Å². The van der Waals surface area contributed by atoms with Gasteiger partial charge in [0.2, 0.25) is 0 Å². The number of benzene rings is 1. The van der Waals surface area contributed by atoms with Crippen LogP contribution in [0, 0.1) is 6.92 Å². The van der Waals surface area contributed by atoms with Gasteiger partial charge >= 0.3 is 0 Å². The number of nitrogens with zero attached hydrogens (tertiary/aromatic N) is 2. The minimum atomic E-state index is -0.148. The summed E-state index contributed by atoms with van der Waals surface area (Å²) >= 11 is 5.85. The minimum Gasteiger partial charge on any atom is -0.492 e. The summed E-state index contributed by atoms with van der Waals surface area (Å²) in [6, 6.07) is 7.14. The fourth-order valence-electron chi connectivity index (χ4n) is 1.71. The largest absolute Gasteiger partial charge is 0.492 e. The van der Waals surface area contributed by atoms with E-state index in [1.165, 1.54) is 0 Å². The summed E-state index contributed by atoms with van der Waals surface area (Å²) in [6.45, 7) is 2.65. The van der Waals surface area contributed by atoms with E-state index in [9.17, 15) is 4.79 Å². The first-order chi connectivity index (χ1) is 9.58. The molecule has 1 aromatic heterocycles. The van der Waals surface area contributed by atoms with Crippen LogP contribution in [0.2, 0.25) is 5.02 Å². The van der Waals surface area contributed by atoms with Gasteiger partial charge in [-0.1, -0.05) is 17.7 Å². The van der Waals surface area contributed by atoms with Crippen molar-refractivity contribution in [3.8, 4) is 5.75 Å².